The lowest BCUT2D eigenvalue weighted by Gasteiger charge is -2.21. The SMILES string of the molecule is COc1ccc(CCNCc2c(OCC(=O)NC(C)(C)C)ccc3ccccc23)cc1. The van der Waals surface area contributed by atoms with Crippen molar-refractivity contribution in [2.24, 2.45) is 0 Å². The first kappa shape index (κ1) is 22.6. The average molecular weight is 421 g/mol. The van der Waals surface area contributed by atoms with Gasteiger partial charge in [0.25, 0.3) is 5.91 Å². The first-order chi connectivity index (χ1) is 14.9. The van der Waals surface area contributed by atoms with Crippen molar-refractivity contribution >= 4 is 16.7 Å². The van der Waals surface area contributed by atoms with Gasteiger partial charge in [-0.25, -0.2) is 0 Å². The van der Waals surface area contributed by atoms with E-state index in [-0.39, 0.29) is 18.1 Å². The lowest BCUT2D eigenvalue weighted by molar-refractivity contribution is -0.124. The largest absolute Gasteiger partial charge is 0.497 e. The molecule has 0 heterocycles. The Bertz CT molecular complexity index is 1010. The third-order valence-electron chi connectivity index (χ3n) is 4.92. The molecule has 0 aliphatic carbocycles. The van der Waals surface area contributed by atoms with Gasteiger partial charge < -0.3 is 20.1 Å². The van der Waals surface area contributed by atoms with E-state index in [4.69, 9.17) is 9.47 Å². The zero-order chi connectivity index (χ0) is 22.3. The van der Waals surface area contributed by atoms with E-state index >= 15 is 0 Å². The van der Waals surface area contributed by atoms with Gasteiger partial charge >= 0.3 is 0 Å². The Labute approximate surface area is 184 Å². The monoisotopic (exact) mass is 420 g/mol. The summed E-state index contributed by atoms with van der Waals surface area (Å²) in [7, 11) is 1.67. The highest BCUT2D eigenvalue weighted by Crippen LogP contribution is 2.28. The van der Waals surface area contributed by atoms with Gasteiger partial charge in [0.1, 0.15) is 11.5 Å². The molecular formula is C26H32N2O3. The molecule has 0 aromatic heterocycles. The minimum atomic E-state index is -0.282. The number of nitrogens with one attached hydrogen (secondary N) is 2. The summed E-state index contributed by atoms with van der Waals surface area (Å²) in [5, 5.41) is 8.75. The van der Waals surface area contributed by atoms with E-state index in [0.29, 0.717) is 6.54 Å². The second-order valence-corrected chi connectivity index (χ2v) is 8.63. The van der Waals surface area contributed by atoms with Crippen LogP contribution in [0, 0.1) is 0 Å². The Balaban J connectivity index is 1.66. The summed E-state index contributed by atoms with van der Waals surface area (Å²) in [5.74, 6) is 1.48. The number of fused-ring (bicyclic) bond motifs is 1. The summed E-state index contributed by atoms with van der Waals surface area (Å²) in [4.78, 5) is 12.2. The Morgan fingerprint density at radius 1 is 0.968 bits per heavy atom. The van der Waals surface area contributed by atoms with Crippen molar-refractivity contribution in [3.05, 3.63) is 71.8 Å². The minimum absolute atomic E-state index is 0.00550. The normalized spacial score (nSPS) is 11.4. The van der Waals surface area contributed by atoms with Gasteiger partial charge in [-0.3, -0.25) is 4.79 Å². The number of carbonyl (C=O) groups excluding carboxylic acids is 1. The molecule has 0 aliphatic heterocycles. The smallest absolute Gasteiger partial charge is 0.258 e. The third kappa shape index (κ3) is 6.72. The fourth-order valence-corrected chi connectivity index (χ4v) is 3.47. The molecule has 3 rings (SSSR count). The molecule has 0 bridgehead atoms. The number of benzene rings is 3. The van der Waals surface area contributed by atoms with E-state index in [1.165, 1.54) is 5.56 Å². The van der Waals surface area contributed by atoms with Crippen molar-refractivity contribution in [1.29, 1.82) is 0 Å². The molecule has 1 amide bonds. The number of amides is 1. The second-order valence-electron chi connectivity index (χ2n) is 8.63. The van der Waals surface area contributed by atoms with Crippen LogP contribution in [0.15, 0.2) is 60.7 Å². The maximum atomic E-state index is 12.2. The minimum Gasteiger partial charge on any atom is -0.497 e. The van der Waals surface area contributed by atoms with Crippen LogP contribution in [0.5, 0.6) is 11.5 Å². The van der Waals surface area contributed by atoms with Crippen LogP contribution in [-0.2, 0) is 17.8 Å². The summed E-state index contributed by atoms with van der Waals surface area (Å²) in [6.07, 6.45) is 0.916. The van der Waals surface area contributed by atoms with Gasteiger partial charge in [0, 0.05) is 17.6 Å². The van der Waals surface area contributed by atoms with Crippen LogP contribution in [0.25, 0.3) is 10.8 Å². The fraction of sp³-hybridized carbons (Fsp3) is 0.346. The van der Waals surface area contributed by atoms with Crippen LogP contribution in [0.2, 0.25) is 0 Å². The summed E-state index contributed by atoms with van der Waals surface area (Å²) in [6, 6.07) is 20.4. The number of hydrogen-bond acceptors (Lipinski definition) is 4. The quantitative estimate of drug-likeness (QED) is 0.501. The molecule has 164 valence electrons. The zero-order valence-corrected chi connectivity index (χ0v) is 18.8. The van der Waals surface area contributed by atoms with Crippen LogP contribution in [0.3, 0.4) is 0 Å². The van der Waals surface area contributed by atoms with Crippen molar-refractivity contribution in [2.75, 3.05) is 20.3 Å². The number of hydrogen-bond donors (Lipinski definition) is 2. The molecule has 0 saturated carbocycles. The van der Waals surface area contributed by atoms with Crippen LogP contribution < -0.4 is 20.1 Å². The molecule has 0 radical (unpaired) electrons. The molecule has 0 spiro atoms. The van der Waals surface area contributed by atoms with Gasteiger partial charge in [-0.05, 0) is 68.3 Å². The van der Waals surface area contributed by atoms with Crippen molar-refractivity contribution in [3.8, 4) is 11.5 Å². The summed E-state index contributed by atoms with van der Waals surface area (Å²) >= 11 is 0. The molecule has 0 unspecified atom stereocenters. The van der Waals surface area contributed by atoms with Gasteiger partial charge in [-0.1, -0.05) is 42.5 Å². The fourth-order valence-electron chi connectivity index (χ4n) is 3.47. The standard InChI is InChI=1S/C26H32N2O3/c1-26(2,3)28-25(29)18-31-24-14-11-20-7-5-6-8-22(20)23(24)17-27-16-15-19-9-12-21(30-4)13-10-19/h5-14,27H,15-18H2,1-4H3,(H,28,29). The van der Waals surface area contributed by atoms with Crippen molar-refractivity contribution in [2.45, 2.75) is 39.3 Å². The van der Waals surface area contributed by atoms with Gasteiger partial charge in [0.2, 0.25) is 0 Å². The molecular weight excluding hydrogens is 388 g/mol. The molecule has 3 aromatic rings. The molecule has 0 fully saturated rings. The van der Waals surface area contributed by atoms with Gasteiger partial charge in [-0.2, -0.15) is 0 Å². The molecule has 5 nitrogen and oxygen atoms in total. The molecule has 5 heteroatoms. The van der Waals surface area contributed by atoms with Gasteiger partial charge in [0.15, 0.2) is 6.61 Å². The third-order valence-corrected chi connectivity index (χ3v) is 4.92. The van der Waals surface area contributed by atoms with E-state index in [0.717, 1.165) is 40.8 Å². The van der Waals surface area contributed by atoms with E-state index in [2.05, 4.69) is 34.9 Å². The molecule has 31 heavy (non-hydrogen) atoms. The maximum absolute atomic E-state index is 12.2. The number of ether oxygens (including phenoxy) is 2. The predicted octanol–water partition coefficient (Wildman–Crippen LogP) is 4.47. The first-order valence-corrected chi connectivity index (χ1v) is 10.6. The van der Waals surface area contributed by atoms with Gasteiger partial charge in [-0.15, -0.1) is 0 Å². The summed E-state index contributed by atoms with van der Waals surface area (Å²) < 4.78 is 11.1. The lowest BCUT2D eigenvalue weighted by atomic mass is 10.0. The van der Waals surface area contributed by atoms with E-state index in [1.807, 2.05) is 57.2 Å². The predicted molar refractivity (Wildman–Crippen MR) is 126 cm³/mol. The van der Waals surface area contributed by atoms with Crippen LogP contribution in [0.1, 0.15) is 31.9 Å². The zero-order valence-electron chi connectivity index (χ0n) is 18.8. The van der Waals surface area contributed by atoms with Crippen molar-refractivity contribution in [1.82, 2.24) is 10.6 Å². The molecule has 3 aromatic carbocycles. The number of methoxy groups -OCH3 is 1. The highest BCUT2D eigenvalue weighted by molar-refractivity contribution is 5.88. The Morgan fingerprint density at radius 2 is 1.71 bits per heavy atom. The summed E-state index contributed by atoms with van der Waals surface area (Å²) in [5.41, 5.74) is 2.04. The van der Waals surface area contributed by atoms with Crippen LogP contribution in [-0.4, -0.2) is 31.7 Å². The van der Waals surface area contributed by atoms with Crippen LogP contribution >= 0.6 is 0 Å². The van der Waals surface area contributed by atoms with E-state index < -0.39 is 0 Å². The second kappa shape index (κ2) is 10.3. The average Bonchev–Trinajstić information content (AvgIpc) is 2.75. The molecule has 0 atom stereocenters. The first-order valence-electron chi connectivity index (χ1n) is 10.6. The number of rotatable bonds is 9. The molecule has 0 saturated heterocycles. The highest BCUT2D eigenvalue weighted by Gasteiger charge is 2.15. The van der Waals surface area contributed by atoms with Crippen molar-refractivity contribution in [3.63, 3.8) is 0 Å². The summed E-state index contributed by atoms with van der Waals surface area (Å²) in [6.45, 7) is 7.36. The molecule has 2 N–H and O–H groups in total. The topological polar surface area (TPSA) is 59.6 Å². The van der Waals surface area contributed by atoms with E-state index in [1.54, 1.807) is 7.11 Å². The Morgan fingerprint density at radius 3 is 2.42 bits per heavy atom. The van der Waals surface area contributed by atoms with Crippen LogP contribution in [0.4, 0.5) is 0 Å². The van der Waals surface area contributed by atoms with Gasteiger partial charge in [0.05, 0.1) is 7.11 Å². The van der Waals surface area contributed by atoms with Crippen molar-refractivity contribution < 1.29 is 14.3 Å². The van der Waals surface area contributed by atoms with E-state index in [9.17, 15) is 4.79 Å². The number of carbonyl (C=O) groups is 1. The highest BCUT2D eigenvalue weighted by atomic mass is 16.5. The molecule has 0 aliphatic rings. The Hall–Kier alpha value is -3.05. The lowest BCUT2D eigenvalue weighted by Crippen LogP contribution is -2.43. The Kier molecular flexibility index (Phi) is 7.53. The maximum Gasteiger partial charge on any atom is 0.258 e.